The highest BCUT2D eigenvalue weighted by Crippen LogP contribution is 2.26. The van der Waals surface area contributed by atoms with Gasteiger partial charge in [-0.25, -0.2) is 4.79 Å². The second kappa shape index (κ2) is 8.48. The molecule has 0 aromatic carbocycles. The van der Waals surface area contributed by atoms with Crippen molar-refractivity contribution in [2.24, 2.45) is 0 Å². The van der Waals surface area contributed by atoms with Gasteiger partial charge in [0.25, 0.3) is 0 Å². The van der Waals surface area contributed by atoms with E-state index < -0.39 is 0 Å². The summed E-state index contributed by atoms with van der Waals surface area (Å²) in [5.74, 6) is -0.265. The molecule has 0 saturated heterocycles. The van der Waals surface area contributed by atoms with Crippen LogP contribution in [0.15, 0.2) is 0 Å². The first-order chi connectivity index (χ1) is 8.27. The lowest BCUT2D eigenvalue weighted by molar-refractivity contribution is -0.148. The fourth-order valence-corrected chi connectivity index (χ4v) is 1.82. The van der Waals surface area contributed by atoms with Crippen molar-refractivity contribution in [2.75, 3.05) is 32.9 Å². The zero-order valence-electron chi connectivity index (χ0n) is 11.1. The van der Waals surface area contributed by atoms with E-state index in [2.05, 4.69) is 11.8 Å². The van der Waals surface area contributed by atoms with E-state index in [-0.39, 0.29) is 12.6 Å². The van der Waals surface area contributed by atoms with Crippen molar-refractivity contribution in [1.29, 1.82) is 0 Å². The number of esters is 1. The average molecular weight is 243 g/mol. The highest BCUT2D eigenvalue weighted by Gasteiger charge is 2.27. The predicted octanol–water partition coefficient (Wildman–Crippen LogP) is 1.83. The highest BCUT2D eigenvalue weighted by molar-refractivity contribution is 5.70. The summed E-state index contributed by atoms with van der Waals surface area (Å²) in [6, 6.07) is 0.771. The van der Waals surface area contributed by atoms with E-state index in [0.29, 0.717) is 13.2 Å². The summed E-state index contributed by atoms with van der Waals surface area (Å²) in [6.07, 6.45) is 5.12. The van der Waals surface area contributed by atoms with Gasteiger partial charge in [0.2, 0.25) is 0 Å². The van der Waals surface area contributed by atoms with Gasteiger partial charge in [-0.1, -0.05) is 13.3 Å². The van der Waals surface area contributed by atoms with Crippen LogP contribution < -0.4 is 0 Å². The molecule has 17 heavy (non-hydrogen) atoms. The van der Waals surface area contributed by atoms with Gasteiger partial charge in [-0.05, 0) is 32.7 Å². The molecule has 1 saturated carbocycles. The minimum Gasteiger partial charge on any atom is -0.464 e. The number of carbonyl (C=O) groups is 1. The molecular weight excluding hydrogens is 218 g/mol. The van der Waals surface area contributed by atoms with Gasteiger partial charge in [0.1, 0.15) is 6.61 Å². The second-order valence-electron chi connectivity index (χ2n) is 4.48. The molecule has 1 aliphatic rings. The fourth-order valence-electron chi connectivity index (χ4n) is 1.82. The van der Waals surface area contributed by atoms with Crippen molar-refractivity contribution in [3.63, 3.8) is 0 Å². The lowest BCUT2D eigenvalue weighted by Gasteiger charge is -2.21. The van der Waals surface area contributed by atoms with Crippen molar-refractivity contribution < 1.29 is 14.3 Å². The molecule has 0 aromatic heterocycles. The molecule has 0 aliphatic heterocycles. The SMILES string of the molecule is CCCCN(CCOCC(=O)OCC)C1CC1. The van der Waals surface area contributed by atoms with E-state index in [1.165, 1.54) is 25.7 Å². The summed E-state index contributed by atoms with van der Waals surface area (Å²) in [4.78, 5) is 13.5. The normalized spacial score (nSPS) is 15.2. The van der Waals surface area contributed by atoms with Gasteiger partial charge in [0, 0.05) is 12.6 Å². The summed E-state index contributed by atoms with van der Waals surface area (Å²) >= 11 is 0. The summed E-state index contributed by atoms with van der Waals surface area (Å²) in [7, 11) is 0. The molecule has 1 fully saturated rings. The molecule has 4 nitrogen and oxygen atoms in total. The van der Waals surface area contributed by atoms with E-state index >= 15 is 0 Å². The zero-order chi connectivity index (χ0) is 12.5. The third kappa shape index (κ3) is 6.64. The maximum absolute atomic E-state index is 11.0. The summed E-state index contributed by atoms with van der Waals surface area (Å²) in [5.41, 5.74) is 0. The highest BCUT2D eigenvalue weighted by atomic mass is 16.6. The first kappa shape index (κ1) is 14.5. The Balaban J connectivity index is 2.04. The average Bonchev–Trinajstić information content (AvgIpc) is 3.12. The van der Waals surface area contributed by atoms with E-state index in [4.69, 9.17) is 9.47 Å². The Labute approximate surface area is 104 Å². The molecule has 0 unspecified atom stereocenters. The van der Waals surface area contributed by atoms with Crippen molar-refractivity contribution in [3.8, 4) is 0 Å². The smallest absolute Gasteiger partial charge is 0.332 e. The third-order valence-corrected chi connectivity index (χ3v) is 2.91. The molecule has 0 radical (unpaired) electrons. The van der Waals surface area contributed by atoms with Crippen molar-refractivity contribution in [3.05, 3.63) is 0 Å². The topological polar surface area (TPSA) is 38.8 Å². The minimum absolute atomic E-state index is 0.0835. The van der Waals surface area contributed by atoms with Crippen LogP contribution in [0.2, 0.25) is 0 Å². The molecule has 0 heterocycles. The number of hydrogen-bond donors (Lipinski definition) is 0. The Morgan fingerprint density at radius 1 is 1.29 bits per heavy atom. The largest absolute Gasteiger partial charge is 0.464 e. The number of carbonyl (C=O) groups excluding carboxylic acids is 1. The van der Waals surface area contributed by atoms with E-state index in [1.807, 2.05) is 0 Å². The molecule has 1 rings (SSSR count). The summed E-state index contributed by atoms with van der Waals surface area (Å²) in [5, 5.41) is 0. The van der Waals surface area contributed by atoms with E-state index in [0.717, 1.165) is 19.1 Å². The van der Waals surface area contributed by atoms with Crippen LogP contribution in [0.25, 0.3) is 0 Å². The molecular formula is C13H25NO3. The molecule has 1 aliphatic carbocycles. The molecule has 0 bridgehead atoms. The number of ether oxygens (including phenoxy) is 2. The molecule has 0 atom stereocenters. The molecule has 0 aromatic rings. The van der Waals surface area contributed by atoms with Crippen LogP contribution in [0.4, 0.5) is 0 Å². The predicted molar refractivity (Wildman–Crippen MR) is 67.0 cm³/mol. The lowest BCUT2D eigenvalue weighted by atomic mass is 10.3. The number of rotatable bonds is 10. The van der Waals surface area contributed by atoms with Gasteiger partial charge in [-0.2, -0.15) is 0 Å². The Morgan fingerprint density at radius 3 is 2.65 bits per heavy atom. The van der Waals surface area contributed by atoms with Crippen LogP contribution in [0.3, 0.4) is 0 Å². The number of unbranched alkanes of at least 4 members (excludes halogenated alkanes) is 1. The van der Waals surface area contributed by atoms with Crippen LogP contribution in [-0.4, -0.2) is 49.8 Å². The maximum Gasteiger partial charge on any atom is 0.332 e. The Hall–Kier alpha value is -0.610. The van der Waals surface area contributed by atoms with Crippen LogP contribution in [-0.2, 0) is 14.3 Å². The zero-order valence-corrected chi connectivity index (χ0v) is 11.1. The summed E-state index contributed by atoms with van der Waals surface area (Å²) in [6.45, 7) is 7.24. The molecule has 0 spiro atoms. The van der Waals surface area contributed by atoms with E-state index in [9.17, 15) is 4.79 Å². The number of hydrogen-bond acceptors (Lipinski definition) is 4. The Kier molecular flexibility index (Phi) is 7.21. The Morgan fingerprint density at radius 2 is 2.06 bits per heavy atom. The van der Waals surface area contributed by atoms with Crippen LogP contribution in [0, 0.1) is 0 Å². The van der Waals surface area contributed by atoms with Gasteiger partial charge in [0.05, 0.1) is 13.2 Å². The molecule has 4 heteroatoms. The molecule has 100 valence electrons. The van der Waals surface area contributed by atoms with Gasteiger partial charge in [0.15, 0.2) is 0 Å². The standard InChI is InChI=1S/C13H25NO3/c1-3-5-8-14(12-6-7-12)9-10-16-11-13(15)17-4-2/h12H,3-11H2,1-2H3. The fraction of sp³-hybridized carbons (Fsp3) is 0.923. The number of nitrogens with zero attached hydrogens (tertiary/aromatic N) is 1. The molecule has 0 amide bonds. The Bertz CT molecular complexity index is 217. The minimum atomic E-state index is -0.265. The second-order valence-corrected chi connectivity index (χ2v) is 4.48. The van der Waals surface area contributed by atoms with Crippen molar-refractivity contribution in [2.45, 2.75) is 45.6 Å². The quantitative estimate of drug-likeness (QED) is 0.433. The lowest BCUT2D eigenvalue weighted by Crippen LogP contribution is -2.31. The maximum atomic E-state index is 11.0. The molecule has 0 N–H and O–H groups in total. The van der Waals surface area contributed by atoms with Crippen molar-refractivity contribution >= 4 is 5.97 Å². The third-order valence-electron chi connectivity index (χ3n) is 2.91. The van der Waals surface area contributed by atoms with Gasteiger partial charge in [-0.15, -0.1) is 0 Å². The van der Waals surface area contributed by atoms with Gasteiger partial charge < -0.3 is 9.47 Å². The monoisotopic (exact) mass is 243 g/mol. The summed E-state index contributed by atoms with van der Waals surface area (Å²) < 4.78 is 10.1. The van der Waals surface area contributed by atoms with E-state index in [1.54, 1.807) is 6.92 Å². The van der Waals surface area contributed by atoms with Crippen LogP contribution in [0.1, 0.15) is 39.5 Å². The first-order valence-electron chi connectivity index (χ1n) is 6.75. The van der Waals surface area contributed by atoms with Crippen LogP contribution in [0.5, 0.6) is 0 Å². The van der Waals surface area contributed by atoms with Crippen molar-refractivity contribution in [1.82, 2.24) is 4.90 Å². The van der Waals surface area contributed by atoms with Gasteiger partial charge >= 0.3 is 5.97 Å². The van der Waals surface area contributed by atoms with Gasteiger partial charge in [-0.3, -0.25) is 4.90 Å². The first-order valence-corrected chi connectivity index (χ1v) is 6.75. The van der Waals surface area contributed by atoms with Crippen LogP contribution >= 0.6 is 0 Å².